The average Bonchev–Trinajstić information content (AvgIpc) is 2.99. The lowest BCUT2D eigenvalue weighted by atomic mass is 10.0. The molecule has 3 aliphatic rings. The molecule has 4 amide bonds. The van der Waals surface area contributed by atoms with Crippen LogP contribution in [0, 0.1) is 5.82 Å². The van der Waals surface area contributed by atoms with Gasteiger partial charge in [0.25, 0.3) is 11.8 Å². The minimum Gasteiger partial charge on any atom is -0.475 e. The molecule has 0 saturated carbocycles. The number of amides is 4. The van der Waals surface area contributed by atoms with Crippen molar-refractivity contribution in [3.8, 4) is 0 Å². The van der Waals surface area contributed by atoms with Gasteiger partial charge in [0, 0.05) is 25.6 Å². The van der Waals surface area contributed by atoms with E-state index >= 15 is 0 Å². The second-order valence-corrected chi connectivity index (χ2v) is 7.89. The van der Waals surface area contributed by atoms with Gasteiger partial charge in [0.05, 0.1) is 16.8 Å². The van der Waals surface area contributed by atoms with Crippen molar-refractivity contribution in [2.75, 3.05) is 18.0 Å². The van der Waals surface area contributed by atoms with Crippen molar-refractivity contribution in [1.29, 1.82) is 0 Å². The van der Waals surface area contributed by atoms with Gasteiger partial charge in [0.1, 0.15) is 11.9 Å². The van der Waals surface area contributed by atoms with Gasteiger partial charge < -0.3 is 15.7 Å². The molecule has 3 aliphatic heterocycles. The van der Waals surface area contributed by atoms with Crippen LogP contribution in [0.15, 0.2) is 12.1 Å². The Morgan fingerprint density at radius 3 is 2.18 bits per heavy atom. The van der Waals surface area contributed by atoms with Gasteiger partial charge in [-0.05, 0) is 31.4 Å². The van der Waals surface area contributed by atoms with Gasteiger partial charge in [0.15, 0.2) is 0 Å². The number of aliphatic carboxylic acids is 1. The Morgan fingerprint density at radius 2 is 1.65 bits per heavy atom. The first kappa shape index (κ1) is 25.1. The second kappa shape index (κ2) is 9.37. The summed E-state index contributed by atoms with van der Waals surface area (Å²) in [5.41, 5.74) is 6.06. The van der Waals surface area contributed by atoms with E-state index in [0.717, 1.165) is 4.90 Å². The topological polar surface area (TPSA) is 150 Å². The van der Waals surface area contributed by atoms with Crippen LogP contribution < -0.4 is 16.0 Å². The van der Waals surface area contributed by atoms with E-state index in [9.17, 15) is 36.7 Å². The summed E-state index contributed by atoms with van der Waals surface area (Å²) in [6, 6.07) is 1.40. The van der Waals surface area contributed by atoms with Crippen molar-refractivity contribution in [1.82, 2.24) is 10.2 Å². The molecule has 0 radical (unpaired) electrons. The van der Waals surface area contributed by atoms with E-state index < -0.39 is 47.6 Å². The number of rotatable bonds is 2. The van der Waals surface area contributed by atoms with Gasteiger partial charge in [0.2, 0.25) is 11.8 Å². The maximum absolute atomic E-state index is 14.6. The lowest BCUT2D eigenvalue weighted by Crippen LogP contribution is -2.54. The number of carbonyl (C=O) groups excluding carboxylic acids is 4. The zero-order chi connectivity index (χ0) is 25.4. The standard InChI is InChI=1S/C18H19FN4O4.C2HF3O2/c19-11-2-1-10-14(15(11)22-7-5-9(20)6-8-22)18(27)23(17(10)26)12-3-4-13(24)21-16(12)25;3-2(4,5)1(6)7/h1-2,9,12H,3-8,20H2,(H,21,24,25);(H,6,7). The number of carboxylic acid groups (broad SMARTS) is 1. The van der Waals surface area contributed by atoms with Gasteiger partial charge in [-0.2, -0.15) is 13.2 Å². The molecule has 2 fully saturated rings. The molecule has 14 heteroatoms. The quantitative estimate of drug-likeness (QED) is 0.409. The van der Waals surface area contributed by atoms with Crippen LogP contribution in [-0.4, -0.2) is 71.0 Å². The third-order valence-electron chi connectivity index (χ3n) is 5.63. The highest BCUT2D eigenvalue weighted by Crippen LogP contribution is 2.37. The molecule has 0 bridgehead atoms. The van der Waals surface area contributed by atoms with Gasteiger partial charge in [-0.15, -0.1) is 0 Å². The summed E-state index contributed by atoms with van der Waals surface area (Å²) < 4.78 is 46.4. The highest BCUT2D eigenvalue weighted by molar-refractivity contribution is 6.25. The Labute approximate surface area is 189 Å². The Balaban J connectivity index is 0.000000406. The summed E-state index contributed by atoms with van der Waals surface area (Å²) in [5.74, 6) is -5.81. The normalized spacial score (nSPS) is 21.1. The molecule has 0 aromatic heterocycles. The molecule has 4 N–H and O–H groups in total. The van der Waals surface area contributed by atoms with E-state index in [1.807, 2.05) is 0 Å². The number of carbonyl (C=O) groups is 5. The zero-order valence-corrected chi connectivity index (χ0v) is 17.5. The SMILES string of the molecule is NC1CCN(c2c(F)ccc3c2C(=O)N(C2CCC(=O)NC2=O)C3=O)CC1.O=C(O)C(F)(F)F. The second-order valence-electron chi connectivity index (χ2n) is 7.89. The molecule has 1 aromatic rings. The number of hydrogen-bond donors (Lipinski definition) is 3. The molecular formula is C20H20F4N4O6. The number of hydrogen-bond acceptors (Lipinski definition) is 7. The minimum absolute atomic E-state index is 0.0137. The summed E-state index contributed by atoms with van der Waals surface area (Å²) >= 11 is 0. The number of halogens is 4. The molecule has 2 saturated heterocycles. The summed E-state index contributed by atoms with van der Waals surface area (Å²) in [6.07, 6.45) is -3.67. The maximum atomic E-state index is 14.6. The monoisotopic (exact) mass is 488 g/mol. The van der Waals surface area contributed by atoms with Crippen molar-refractivity contribution in [2.45, 2.75) is 43.9 Å². The van der Waals surface area contributed by atoms with Crippen LogP contribution in [0.1, 0.15) is 46.4 Å². The Kier molecular flexibility index (Phi) is 6.91. The third kappa shape index (κ3) is 4.85. The van der Waals surface area contributed by atoms with Crippen LogP contribution in [0.4, 0.5) is 23.2 Å². The number of carboxylic acids is 1. The Bertz CT molecular complexity index is 1050. The van der Waals surface area contributed by atoms with Crippen LogP contribution in [0.25, 0.3) is 0 Å². The number of imide groups is 2. The molecule has 184 valence electrons. The summed E-state index contributed by atoms with van der Waals surface area (Å²) in [4.78, 5) is 60.8. The van der Waals surface area contributed by atoms with Gasteiger partial charge >= 0.3 is 12.1 Å². The van der Waals surface area contributed by atoms with Crippen LogP contribution in [0.5, 0.6) is 0 Å². The predicted molar refractivity (Wildman–Crippen MR) is 106 cm³/mol. The van der Waals surface area contributed by atoms with Crippen molar-refractivity contribution >= 4 is 35.3 Å². The molecule has 1 aromatic carbocycles. The maximum Gasteiger partial charge on any atom is 0.490 e. The Morgan fingerprint density at radius 1 is 1.06 bits per heavy atom. The van der Waals surface area contributed by atoms with Gasteiger partial charge in [-0.25, -0.2) is 9.18 Å². The average molecular weight is 488 g/mol. The number of nitrogens with one attached hydrogen (secondary N) is 1. The van der Waals surface area contributed by atoms with E-state index in [2.05, 4.69) is 5.32 Å². The fourth-order valence-electron chi connectivity index (χ4n) is 3.95. The van der Waals surface area contributed by atoms with E-state index in [0.29, 0.717) is 25.9 Å². The van der Waals surface area contributed by atoms with Gasteiger partial charge in [-0.1, -0.05) is 0 Å². The largest absolute Gasteiger partial charge is 0.490 e. The molecular weight excluding hydrogens is 468 g/mol. The number of fused-ring (bicyclic) bond motifs is 1. The highest BCUT2D eigenvalue weighted by Gasteiger charge is 2.47. The van der Waals surface area contributed by atoms with Crippen molar-refractivity contribution in [2.24, 2.45) is 5.73 Å². The lowest BCUT2D eigenvalue weighted by Gasteiger charge is -2.33. The summed E-state index contributed by atoms with van der Waals surface area (Å²) in [6.45, 7) is 0.961. The van der Waals surface area contributed by atoms with Gasteiger partial charge in [-0.3, -0.25) is 29.4 Å². The van der Waals surface area contributed by atoms with Crippen LogP contribution in [0.3, 0.4) is 0 Å². The number of anilines is 1. The molecule has 0 spiro atoms. The first-order chi connectivity index (χ1) is 15.8. The Hall–Kier alpha value is -3.55. The molecule has 1 unspecified atom stereocenters. The number of nitrogens with zero attached hydrogens (tertiary/aromatic N) is 2. The van der Waals surface area contributed by atoms with E-state index in [1.54, 1.807) is 4.90 Å². The van der Waals surface area contributed by atoms with Crippen molar-refractivity contribution in [3.63, 3.8) is 0 Å². The zero-order valence-electron chi connectivity index (χ0n) is 17.5. The fraction of sp³-hybridized carbons (Fsp3) is 0.450. The predicted octanol–water partition coefficient (Wildman–Crippen LogP) is 0.788. The minimum atomic E-state index is -5.08. The lowest BCUT2D eigenvalue weighted by molar-refractivity contribution is -0.192. The molecule has 3 heterocycles. The van der Waals surface area contributed by atoms with E-state index in [-0.39, 0.29) is 35.7 Å². The van der Waals surface area contributed by atoms with Crippen molar-refractivity contribution < 1.29 is 46.6 Å². The van der Waals surface area contributed by atoms with E-state index in [4.69, 9.17) is 15.6 Å². The van der Waals surface area contributed by atoms with E-state index in [1.165, 1.54) is 12.1 Å². The van der Waals surface area contributed by atoms with Crippen molar-refractivity contribution in [3.05, 3.63) is 29.1 Å². The number of piperidine rings is 2. The molecule has 4 rings (SSSR count). The first-order valence-electron chi connectivity index (χ1n) is 10.2. The smallest absolute Gasteiger partial charge is 0.475 e. The third-order valence-corrected chi connectivity index (χ3v) is 5.63. The molecule has 34 heavy (non-hydrogen) atoms. The van der Waals surface area contributed by atoms with Crippen LogP contribution >= 0.6 is 0 Å². The van der Waals surface area contributed by atoms with Crippen LogP contribution in [0.2, 0.25) is 0 Å². The highest BCUT2D eigenvalue weighted by atomic mass is 19.4. The molecule has 10 nitrogen and oxygen atoms in total. The summed E-state index contributed by atoms with van der Waals surface area (Å²) in [7, 11) is 0. The summed E-state index contributed by atoms with van der Waals surface area (Å²) in [5, 5.41) is 9.27. The number of alkyl halides is 3. The molecule has 1 atom stereocenters. The van der Waals surface area contributed by atoms with Crippen LogP contribution in [-0.2, 0) is 14.4 Å². The fourth-order valence-corrected chi connectivity index (χ4v) is 3.95. The number of nitrogens with two attached hydrogens (primary N) is 1. The number of benzene rings is 1. The molecule has 0 aliphatic carbocycles. The first-order valence-corrected chi connectivity index (χ1v) is 10.2.